The number of benzene rings is 1. The largest absolute Gasteiger partial charge is 0.355 e. The van der Waals surface area contributed by atoms with E-state index in [1.165, 1.54) is 0 Å². The summed E-state index contributed by atoms with van der Waals surface area (Å²) in [6.45, 7) is 3.62. The summed E-state index contributed by atoms with van der Waals surface area (Å²) in [5.41, 5.74) is 1.84. The molecule has 134 valence electrons. The molecule has 0 saturated heterocycles. The number of carbonyl (C=O) groups excluding carboxylic acids is 2. The van der Waals surface area contributed by atoms with E-state index in [1.54, 1.807) is 0 Å². The van der Waals surface area contributed by atoms with Crippen molar-refractivity contribution >= 4 is 22.8 Å². The third-order valence-electron chi connectivity index (χ3n) is 4.48. The number of carbonyl (C=O) groups is 2. The zero-order valence-electron chi connectivity index (χ0n) is 14.8. The van der Waals surface area contributed by atoms with Crippen LogP contribution in [0.1, 0.15) is 38.4 Å². The van der Waals surface area contributed by atoms with Gasteiger partial charge in [-0.05, 0) is 31.4 Å². The van der Waals surface area contributed by atoms with Crippen LogP contribution in [0.15, 0.2) is 24.3 Å². The normalized spacial score (nSPS) is 13.8. The van der Waals surface area contributed by atoms with Gasteiger partial charge in [0.15, 0.2) is 0 Å². The van der Waals surface area contributed by atoms with Gasteiger partial charge >= 0.3 is 0 Å². The zero-order chi connectivity index (χ0) is 17.6. The van der Waals surface area contributed by atoms with Crippen LogP contribution < -0.4 is 10.6 Å². The van der Waals surface area contributed by atoms with E-state index in [1.807, 2.05) is 28.8 Å². The first-order chi connectivity index (χ1) is 12.2. The van der Waals surface area contributed by atoms with Gasteiger partial charge in [-0.2, -0.15) is 0 Å². The minimum atomic E-state index is -0.000121. The standard InChI is InChI=1S/C19H26N4O2/c1-2-3-11-20-18(24)13-23-16-7-5-4-6-15(16)22-17(23)10-12-21-19(25)14-8-9-14/h4-7,14H,2-3,8-13H2,1H3,(H,20,24)(H,21,25). The number of nitrogens with one attached hydrogen (secondary N) is 2. The van der Waals surface area contributed by atoms with E-state index in [9.17, 15) is 9.59 Å². The minimum absolute atomic E-state index is 0.000121. The van der Waals surface area contributed by atoms with Gasteiger partial charge in [0.1, 0.15) is 12.4 Å². The van der Waals surface area contributed by atoms with Crippen molar-refractivity contribution in [2.45, 2.75) is 45.6 Å². The second kappa shape index (κ2) is 8.14. The highest BCUT2D eigenvalue weighted by Crippen LogP contribution is 2.28. The molecule has 1 aliphatic rings. The number of nitrogens with zero attached hydrogens (tertiary/aromatic N) is 2. The van der Waals surface area contributed by atoms with Gasteiger partial charge in [-0.1, -0.05) is 25.5 Å². The summed E-state index contributed by atoms with van der Waals surface area (Å²) < 4.78 is 1.96. The van der Waals surface area contributed by atoms with E-state index in [2.05, 4.69) is 22.5 Å². The third-order valence-corrected chi connectivity index (χ3v) is 4.48. The monoisotopic (exact) mass is 342 g/mol. The Morgan fingerprint density at radius 2 is 2.00 bits per heavy atom. The molecule has 1 fully saturated rings. The summed E-state index contributed by atoms with van der Waals surface area (Å²) in [6.07, 6.45) is 4.66. The number of hydrogen-bond donors (Lipinski definition) is 2. The van der Waals surface area contributed by atoms with Crippen molar-refractivity contribution in [3.63, 3.8) is 0 Å². The summed E-state index contributed by atoms with van der Waals surface area (Å²) in [6, 6.07) is 7.83. The Kier molecular flexibility index (Phi) is 5.68. The lowest BCUT2D eigenvalue weighted by atomic mass is 10.3. The van der Waals surface area contributed by atoms with Gasteiger partial charge in [-0.15, -0.1) is 0 Å². The molecule has 0 atom stereocenters. The van der Waals surface area contributed by atoms with Crippen LogP contribution in [0.25, 0.3) is 11.0 Å². The number of amides is 2. The first kappa shape index (κ1) is 17.5. The van der Waals surface area contributed by atoms with E-state index in [0.29, 0.717) is 19.5 Å². The molecule has 6 heteroatoms. The topological polar surface area (TPSA) is 76.0 Å². The molecular weight excluding hydrogens is 316 g/mol. The van der Waals surface area contributed by atoms with Crippen molar-refractivity contribution < 1.29 is 9.59 Å². The summed E-state index contributed by atoms with van der Waals surface area (Å²) >= 11 is 0. The number of rotatable bonds is 9. The van der Waals surface area contributed by atoms with Crippen molar-refractivity contribution in [2.75, 3.05) is 13.1 Å². The molecule has 0 bridgehead atoms. The van der Waals surface area contributed by atoms with Gasteiger partial charge in [0.2, 0.25) is 11.8 Å². The Labute approximate surface area is 148 Å². The first-order valence-electron chi connectivity index (χ1n) is 9.17. The SMILES string of the molecule is CCCCNC(=O)Cn1c(CCNC(=O)C2CC2)nc2ccccc21. The lowest BCUT2D eigenvalue weighted by molar-refractivity contribution is -0.122. The number of para-hydroxylation sites is 2. The van der Waals surface area contributed by atoms with Crippen LogP contribution in [0.3, 0.4) is 0 Å². The maximum Gasteiger partial charge on any atom is 0.240 e. The number of imidazole rings is 1. The van der Waals surface area contributed by atoms with E-state index < -0.39 is 0 Å². The quantitative estimate of drug-likeness (QED) is 0.685. The van der Waals surface area contributed by atoms with Crippen LogP contribution in [-0.4, -0.2) is 34.5 Å². The molecule has 0 radical (unpaired) electrons. The van der Waals surface area contributed by atoms with Crippen molar-refractivity contribution in [3.05, 3.63) is 30.1 Å². The van der Waals surface area contributed by atoms with Crippen LogP contribution in [0.4, 0.5) is 0 Å². The minimum Gasteiger partial charge on any atom is -0.355 e. The second-order valence-electron chi connectivity index (χ2n) is 6.62. The fourth-order valence-electron chi connectivity index (χ4n) is 2.88. The summed E-state index contributed by atoms with van der Waals surface area (Å²) in [4.78, 5) is 28.7. The highest BCUT2D eigenvalue weighted by atomic mass is 16.2. The zero-order valence-corrected chi connectivity index (χ0v) is 14.8. The van der Waals surface area contributed by atoms with Gasteiger partial charge in [-0.3, -0.25) is 9.59 Å². The van der Waals surface area contributed by atoms with Crippen LogP contribution in [0.2, 0.25) is 0 Å². The van der Waals surface area contributed by atoms with E-state index in [0.717, 1.165) is 42.5 Å². The van der Waals surface area contributed by atoms with E-state index in [4.69, 9.17) is 0 Å². The van der Waals surface area contributed by atoms with Crippen LogP contribution in [0.5, 0.6) is 0 Å². The second-order valence-corrected chi connectivity index (χ2v) is 6.62. The van der Waals surface area contributed by atoms with Crippen molar-refractivity contribution in [2.24, 2.45) is 5.92 Å². The Morgan fingerprint density at radius 1 is 1.20 bits per heavy atom. The molecule has 0 aliphatic heterocycles. The van der Waals surface area contributed by atoms with Crippen molar-refractivity contribution in [1.82, 2.24) is 20.2 Å². The van der Waals surface area contributed by atoms with Gasteiger partial charge in [0.05, 0.1) is 11.0 Å². The predicted molar refractivity (Wildman–Crippen MR) is 97.1 cm³/mol. The van der Waals surface area contributed by atoms with Gasteiger partial charge < -0.3 is 15.2 Å². The molecule has 1 saturated carbocycles. The number of hydrogen-bond acceptors (Lipinski definition) is 3. The molecule has 1 aliphatic carbocycles. The lowest BCUT2D eigenvalue weighted by Gasteiger charge is -2.10. The molecule has 25 heavy (non-hydrogen) atoms. The molecular formula is C19H26N4O2. The predicted octanol–water partition coefficient (Wildman–Crippen LogP) is 2.02. The average Bonchev–Trinajstić information content (AvgIpc) is 3.40. The maximum atomic E-state index is 12.2. The van der Waals surface area contributed by atoms with Crippen molar-refractivity contribution in [3.8, 4) is 0 Å². The van der Waals surface area contributed by atoms with Gasteiger partial charge in [0.25, 0.3) is 0 Å². The van der Waals surface area contributed by atoms with Crippen molar-refractivity contribution in [1.29, 1.82) is 0 Å². The highest BCUT2D eigenvalue weighted by Gasteiger charge is 2.29. The smallest absolute Gasteiger partial charge is 0.240 e. The molecule has 3 rings (SSSR count). The number of unbranched alkanes of at least 4 members (excludes halogenated alkanes) is 1. The van der Waals surface area contributed by atoms with Crippen LogP contribution in [-0.2, 0) is 22.6 Å². The molecule has 0 unspecified atom stereocenters. The van der Waals surface area contributed by atoms with Crippen LogP contribution >= 0.6 is 0 Å². The third kappa shape index (κ3) is 4.59. The van der Waals surface area contributed by atoms with Gasteiger partial charge in [0, 0.05) is 25.4 Å². The Morgan fingerprint density at radius 3 is 2.76 bits per heavy atom. The molecule has 1 aromatic carbocycles. The Balaban J connectivity index is 1.67. The molecule has 2 aromatic rings. The molecule has 0 spiro atoms. The fraction of sp³-hybridized carbons (Fsp3) is 0.526. The highest BCUT2D eigenvalue weighted by molar-refractivity contribution is 5.81. The Hall–Kier alpha value is -2.37. The maximum absolute atomic E-state index is 12.2. The molecule has 6 nitrogen and oxygen atoms in total. The summed E-state index contributed by atoms with van der Waals surface area (Å²) in [5, 5.41) is 5.92. The average molecular weight is 342 g/mol. The van der Waals surface area contributed by atoms with E-state index in [-0.39, 0.29) is 24.3 Å². The lowest BCUT2D eigenvalue weighted by Crippen LogP contribution is -2.30. The molecule has 1 heterocycles. The molecule has 1 aromatic heterocycles. The van der Waals surface area contributed by atoms with E-state index >= 15 is 0 Å². The van der Waals surface area contributed by atoms with Gasteiger partial charge in [-0.25, -0.2) is 4.98 Å². The number of fused-ring (bicyclic) bond motifs is 1. The summed E-state index contributed by atoms with van der Waals surface area (Å²) in [5.74, 6) is 1.19. The fourth-order valence-corrected chi connectivity index (χ4v) is 2.88. The first-order valence-corrected chi connectivity index (χ1v) is 9.17. The summed E-state index contributed by atoms with van der Waals surface area (Å²) in [7, 11) is 0. The van der Waals surface area contributed by atoms with Crippen LogP contribution in [0, 0.1) is 5.92 Å². The number of aromatic nitrogens is 2. The molecule has 2 amide bonds. The molecule has 2 N–H and O–H groups in total. The Bertz CT molecular complexity index is 749.